The molecule has 1 aromatic carbocycles. The molecule has 1 atom stereocenters. The van der Waals surface area contributed by atoms with Gasteiger partial charge in [-0.25, -0.2) is 8.42 Å². The molecule has 0 aliphatic carbocycles. The smallest absolute Gasteiger partial charge is 0.240 e. The first-order valence-electron chi connectivity index (χ1n) is 6.34. The number of carbonyl (C=O) groups is 1. The van der Waals surface area contributed by atoms with Crippen LogP contribution in [0.15, 0.2) is 17.0 Å². The Morgan fingerprint density at radius 3 is 2.05 bits per heavy atom. The molecule has 0 heterocycles. The molecule has 1 unspecified atom stereocenters. The first-order chi connectivity index (χ1) is 9.66. The molecule has 0 fully saturated rings. The summed E-state index contributed by atoms with van der Waals surface area (Å²) >= 11 is 0. The number of hydrogen-bond donors (Lipinski definition) is 0. The zero-order valence-corrected chi connectivity index (χ0v) is 13.9. The minimum atomic E-state index is -3.80. The summed E-state index contributed by atoms with van der Waals surface area (Å²) in [5.74, 6) is 0.288. The van der Waals surface area contributed by atoms with Gasteiger partial charge in [-0.05, 0) is 25.5 Å². The van der Waals surface area contributed by atoms with Crippen LogP contribution in [0.25, 0.3) is 0 Å². The van der Waals surface area contributed by atoms with E-state index in [4.69, 9.17) is 9.47 Å². The lowest BCUT2D eigenvalue weighted by molar-refractivity contribution is -0.127. The van der Waals surface area contributed by atoms with Crippen molar-refractivity contribution < 1.29 is 22.7 Å². The zero-order valence-electron chi connectivity index (χ0n) is 13.1. The lowest BCUT2D eigenvalue weighted by Crippen LogP contribution is -2.37. The van der Waals surface area contributed by atoms with Gasteiger partial charge in [0.1, 0.15) is 5.25 Å². The molecule has 0 aliphatic heterocycles. The van der Waals surface area contributed by atoms with Crippen LogP contribution >= 0.6 is 0 Å². The monoisotopic (exact) mass is 315 g/mol. The number of carbonyl (C=O) groups excluding carboxylic acids is 1. The van der Waals surface area contributed by atoms with Gasteiger partial charge in [0.2, 0.25) is 5.91 Å². The molecule has 7 heteroatoms. The highest BCUT2D eigenvalue weighted by Crippen LogP contribution is 2.33. The molecule has 0 spiro atoms. The van der Waals surface area contributed by atoms with Crippen LogP contribution in [0.3, 0.4) is 0 Å². The quantitative estimate of drug-likeness (QED) is 0.818. The highest BCUT2D eigenvalue weighted by Gasteiger charge is 2.32. The van der Waals surface area contributed by atoms with Gasteiger partial charge >= 0.3 is 0 Å². The number of benzene rings is 1. The third kappa shape index (κ3) is 3.29. The lowest BCUT2D eigenvalue weighted by Gasteiger charge is -2.19. The van der Waals surface area contributed by atoms with Gasteiger partial charge in [0.15, 0.2) is 21.3 Å². The van der Waals surface area contributed by atoms with E-state index in [9.17, 15) is 13.2 Å². The molecule has 0 saturated heterocycles. The van der Waals surface area contributed by atoms with E-state index >= 15 is 0 Å². The zero-order chi connectivity index (χ0) is 16.4. The molecule has 0 bridgehead atoms. The summed E-state index contributed by atoms with van der Waals surface area (Å²) in [5, 5.41) is -1.16. The van der Waals surface area contributed by atoms with Crippen LogP contribution in [-0.2, 0) is 14.6 Å². The summed E-state index contributed by atoms with van der Waals surface area (Å²) in [6, 6.07) is 2.97. The first kappa shape index (κ1) is 17.3. The fourth-order valence-electron chi connectivity index (χ4n) is 1.96. The number of hydrogen-bond acceptors (Lipinski definition) is 5. The summed E-state index contributed by atoms with van der Waals surface area (Å²) in [6.45, 7) is 3.04. The van der Waals surface area contributed by atoms with Gasteiger partial charge in [0, 0.05) is 20.2 Å². The van der Waals surface area contributed by atoms with Gasteiger partial charge in [-0.1, -0.05) is 0 Å². The predicted molar refractivity (Wildman–Crippen MR) is 79.6 cm³/mol. The third-order valence-electron chi connectivity index (χ3n) is 3.24. The SMILES string of the molecule is COc1cc(C)c(S(=O)(=O)C(C)C(=O)N(C)C)cc1OC. The van der Waals surface area contributed by atoms with Crippen molar-refractivity contribution >= 4 is 15.7 Å². The van der Waals surface area contributed by atoms with E-state index < -0.39 is 21.0 Å². The molecular weight excluding hydrogens is 294 g/mol. The van der Waals surface area contributed by atoms with Crippen LogP contribution < -0.4 is 9.47 Å². The lowest BCUT2D eigenvalue weighted by atomic mass is 10.2. The number of aryl methyl sites for hydroxylation is 1. The highest BCUT2D eigenvalue weighted by molar-refractivity contribution is 7.92. The first-order valence-corrected chi connectivity index (χ1v) is 7.89. The van der Waals surface area contributed by atoms with Crippen LogP contribution in [0.5, 0.6) is 11.5 Å². The number of rotatable bonds is 5. The van der Waals surface area contributed by atoms with Crippen molar-refractivity contribution in [3.63, 3.8) is 0 Å². The number of sulfone groups is 1. The molecule has 0 N–H and O–H groups in total. The maximum Gasteiger partial charge on any atom is 0.240 e. The summed E-state index contributed by atoms with van der Waals surface area (Å²) in [7, 11) is 2.15. The van der Waals surface area contributed by atoms with E-state index in [2.05, 4.69) is 0 Å². The highest BCUT2D eigenvalue weighted by atomic mass is 32.2. The van der Waals surface area contributed by atoms with E-state index in [0.717, 1.165) is 0 Å². The second kappa shape index (κ2) is 6.34. The second-order valence-corrected chi connectivity index (χ2v) is 7.13. The normalized spacial score (nSPS) is 12.7. The Hall–Kier alpha value is -1.76. The molecule has 1 rings (SSSR count). The number of ether oxygens (including phenoxy) is 2. The molecule has 0 aliphatic rings. The Bertz CT molecular complexity index is 637. The van der Waals surface area contributed by atoms with Crippen LogP contribution in [0.2, 0.25) is 0 Å². The number of amides is 1. The van der Waals surface area contributed by atoms with Crippen molar-refractivity contribution in [3.8, 4) is 11.5 Å². The Morgan fingerprint density at radius 1 is 1.14 bits per heavy atom. The van der Waals surface area contributed by atoms with Gasteiger partial charge in [-0.3, -0.25) is 4.79 Å². The Balaban J connectivity index is 3.42. The van der Waals surface area contributed by atoms with Gasteiger partial charge in [-0.15, -0.1) is 0 Å². The average molecular weight is 315 g/mol. The minimum Gasteiger partial charge on any atom is -0.493 e. The average Bonchev–Trinajstić information content (AvgIpc) is 2.44. The van der Waals surface area contributed by atoms with Crippen molar-refractivity contribution in [1.82, 2.24) is 4.90 Å². The summed E-state index contributed by atoms with van der Waals surface area (Å²) in [4.78, 5) is 13.3. The van der Waals surface area contributed by atoms with Crippen LogP contribution in [0.1, 0.15) is 12.5 Å². The van der Waals surface area contributed by atoms with Crippen molar-refractivity contribution in [1.29, 1.82) is 0 Å². The van der Waals surface area contributed by atoms with Gasteiger partial charge in [0.25, 0.3) is 0 Å². The van der Waals surface area contributed by atoms with Crippen molar-refractivity contribution in [2.45, 2.75) is 24.0 Å². The molecule has 1 amide bonds. The third-order valence-corrected chi connectivity index (χ3v) is 5.43. The topological polar surface area (TPSA) is 72.9 Å². The van der Waals surface area contributed by atoms with E-state index in [-0.39, 0.29) is 4.90 Å². The summed E-state index contributed by atoms with van der Waals surface area (Å²) < 4.78 is 35.5. The molecule has 21 heavy (non-hydrogen) atoms. The molecule has 1 aromatic rings. The Kier molecular flexibility index (Phi) is 5.22. The van der Waals surface area contributed by atoms with Gasteiger partial charge in [0.05, 0.1) is 19.1 Å². The van der Waals surface area contributed by atoms with E-state index in [1.807, 2.05) is 0 Å². The van der Waals surface area contributed by atoms with E-state index in [1.165, 1.54) is 46.2 Å². The van der Waals surface area contributed by atoms with Crippen molar-refractivity contribution in [3.05, 3.63) is 17.7 Å². The largest absolute Gasteiger partial charge is 0.493 e. The van der Waals surface area contributed by atoms with Crippen LogP contribution in [0, 0.1) is 6.92 Å². The summed E-state index contributed by atoms with van der Waals surface area (Å²) in [5.41, 5.74) is 0.506. The predicted octanol–water partition coefficient (Wildman–Crippen LogP) is 1.26. The molecule has 118 valence electrons. The number of methoxy groups -OCH3 is 2. The van der Waals surface area contributed by atoms with Gasteiger partial charge in [-0.2, -0.15) is 0 Å². The fraction of sp³-hybridized carbons (Fsp3) is 0.500. The Labute approximate surface area is 125 Å². The fourth-order valence-corrected chi connectivity index (χ4v) is 3.59. The van der Waals surface area contributed by atoms with E-state index in [1.54, 1.807) is 13.0 Å². The number of nitrogens with zero attached hydrogens (tertiary/aromatic N) is 1. The maximum atomic E-state index is 12.6. The summed E-state index contributed by atoms with van der Waals surface area (Å²) in [6.07, 6.45) is 0. The van der Waals surface area contributed by atoms with E-state index in [0.29, 0.717) is 17.1 Å². The van der Waals surface area contributed by atoms with Gasteiger partial charge < -0.3 is 14.4 Å². The molecule has 0 aromatic heterocycles. The molecular formula is C14H21NO5S. The second-order valence-electron chi connectivity index (χ2n) is 4.89. The Morgan fingerprint density at radius 2 is 1.62 bits per heavy atom. The molecule has 6 nitrogen and oxygen atoms in total. The standard InChI is InChI=1S/C14H21NO5S/c1-9-7-11(19-5)12(20-6)8-13(9)21(17,18)10(2)14(16)15(3)4/h7-8,10H,1-6H3. The van der Waals surface area contributed by atoms with Crippen LogP contribution in [-0.4, -0.2) is 52.8 Å². The van der Waals surface area contributed by atoms with Crippen molar-refractivity contribution in [2.75, 3.05) is 28.3 Å². The molecule has 0 saturated carbocycles. The molecule has 0 radical (unpaired) electrons. The van der Waals surface area contributed by atoms with Crippen LogP contribution in [0.4, 0.5) is 0 Å². The minimum absolute atomic E-state index is 0.0721. The van der Waals surface area contributed by atoms with Crippen molar-refractivity contribution in [2.24, 2.45) is 0 Å². The maximum absolute atomic E-state index is 12.6.